The number of hydrogen-bond donors (Lipinski definition) is 2. The minimum Gasteiger partial charge on any atom is -0.356 e. The molecule has 1 aromatic carbocycles. The second kappa shape index (κ2) is 11.1. The third-order valence-corrected chi connectivity index (χ3v) is 5.24. The molecule has 1 rings (SSSR count). The van der Waals surface area contributed by atoms with Crippen LogP contribution in [0.25, 0.3) is 0 Å². The Labute approximate surface area is 176 Å². The van der Waals surface area contributed by atoms with Crippen molar-refractivity contribution in [2.24, 2.45) is 10.4 Å². The maximum Gasteiger partial charge on any atom is 0.191 e. The van der Waals surface area contributed by atoms with Crippen molar-refractivity contribution in [2.45, 2.75) is 40.0 Å². The molecule has 5 nitrogen and oxygen atoms in total. The first-order valence-electron chi connectivity index (χ1n) is 8.71. The summed E-state index contributed by atoms with van der Waals surface area (Å²) in [7, 11) is -1.18. The molecule has 0 aromatic heterocycles. The van der Waals surface area contributed by atoms with Crippen LogP contribution in [0, 0.1) is 12.3 Å². The Kier molecular flexibility index (Phi) is 10.8. The SMILES string of the molecule is CN=C(NCC(C)c1cccc(C)c1)NCC(C)(C)CCS(C)(=O)=O.I. The highest BCUT2D eigenvalue weighted by atomic mass is 127. The Morgan fingerprint density at radius 2 is 1.92 bits per heavy atom. The summed E-state index contributed by atoms with van der Waals surface area (Å²) < 4.78 is 22.7. The Hall–Kier alpha value is -0.830. The van der Waals surface area contributed by atoms with E-state index in [0.717, 1.165) is 12.5 Å². The van der Waals surface area contributed by atoms with Gasteiger partial charge in [-0.1, -0.05) is 50.6 Å². The van der Waals surface area contributed by atoms with E-state index in [0.29, 0.717) is 18.9 Å². The van der Waals surface area contributed by atoms with E-state index in [1.54, 1.807) is 7.05 Å². The van der Waals surface area contributed by atoms with Gasteiger partial charge in [0.05, 0.1) is 5.75 Å². The van der Waals surface area contributed by atoms with E-state index in [2.05, 4.69) is 67.6 Å². The molecule has 2 N–H and O–H groups in total. The van der Waals surface area contributed by atoms with Crippen molar-refractivity contribution < 1.29 is 8.42 Å². The largest absolute Gasteiger partial charge is 0.356 e. The number of nitrogens with one attached hydrogen (secondary N) is 2. The highest BCUT2D eigenvalue weighted by molar-refractivity contribution is 14.0. The van der Waals surface area contributed by atoms with Gasteiger partial charge in [0.15, 0.2) is 5.96 Å². The van der Waals surface area contributed by atoms with Gasteiger partial charge in [-0.2, -0.15) is 0 Å². The number of guanidine groups is 1. The molecule has 0 fully saturated rings. The lowest BCUT2D eigenvalue weighted by Gasteiger charge is -2.26. The molecule has 1 atom stereocenters. The minimum absolute atomic E-state index is 0. The third kappa shape index (κ3) is 10.4. The molecule has 0 saturated heterocycles. The van der Waals surface area contributed by atoms with Crippen LogP contribution in [0.2, 0.25) is 0 Å². The van der Waals surface area contributed by atoms with Gasteiger partial charge in [-0.15, -0.1) is 24.0 Å². The average molecular weight is 495 g/mol. The van der Waals surface area contributed by atoms with Crippen molar-refractivity contribution in [3.63, 3.8) is 0 Å². The lowest BCUT2D eigenvalue weighted by atomic mass is 9.90. The van der Waals surface area contributed by atoms with Gasteiger partial charge in [0.2, 0.25) is 0 Å². The normalized spacial score (nSPS) is 13.7. The standard InChI is InChI=1S/C19H33N3O2S.HI/c1-15-8-7-9-17(12-15)16(2)13-21-18(20-5)22-14-19(3,4)10-11-25(6,23)24;/h7-9,12,16H,10-11,13-14H2,1-6H3,(H2,20,21,22);1H. The quantitative estimate of drug-likeness (QED) is 0.330. The molecule has 7 heteroatoms. The van der Waals surface area contributed by atoms with Gasteiger partial charge in [0, 0.05) is 26.4 Å². The maximum absolute atomic E-state index is 11.4. The van der Waals surface area contributed by atoms with Crippen LogP contribution in [0.3, 0.4) is 0 Å². The van der Waals surface area contributed by atoms with Crippen molar-refractivity contribution in [3.8, 4) is 0 Å². The van der Waals surface area contributed by atoms with E-state index in [-0.39, 0.29) is 35.1 Å². The molecule has 0 spiro atoms. The van der Waals surface area contributed by atoms with Gasteiger partial charge < -0.3 is 10.6 Å². The molecule has 0 amide bonds. The van der Waals surface area contributed by atoms with Crippen LogP contribution in [0.5, 0.6) is 0 Å². The highest BCUT2D eigenvalue weighted by Crippen LogP contribution is 2.20. The van der Waals surface area contributed by atoms with Crippen molar-refractivity contribution in [1.82, 2.24) is 10.6 Å². The van der Waals surface area contributed by atoms with Gasteiger partial charge in [-0.25, -0.2) is 8.42 Å². The topological polar surface area (TPSA) is 70.6 Å². The fourth-order valence-corrected chi connectivity index (χ4v) is 3.36. The zero-order valence-electron chi connectivity index (χ0n) is 16.8. The molecule has 0 saturated carbocycles. The number of sulfone groups is 1. The predicted molar refractivity (Wildman–Crippen MR) is 122 cm³/mol. The molecule has 0 radical (unpaired) electrons. The average Bonchev–Trinajstić information content (AvgIpc) is 2.52. The molecule has 0 aliphatic heterocycles. The van der Waals surface area contributed by atoms with E-state index >= 15 is 0 Å². The highest BCUT2D eigenvalue weighted by Gasteiger charge is 2.20. The van der Waals surface area contributed by atoms with E-state index < -0.39 is 9.84 Å². The Balaban J connectivity index is 0.00000625. The van der Waals surface area contributed by atoms with Crippen LogP contribution < -0.4 is 10.6 Å². The van der Waals surface area contributed by atoms with Gasteiger partial charge in [0.25, 0.3) is 0 Å². The van der Waals surface area contributed by atoms with Crippen LogP contribution in [-0.2, 0) is 9.84 Å². The van der Waals surface area contributed by atoms with Gasteiger partial charge in [-0.05, 0) is 30.2 Å². The molecule has 26 heavy (non-hydrogen) atoms. The molecule has 0 heterocycles. The minimum atomic E-state index is -2.93. The summed E-state index contributed by atoms with van der Waals surface area (Å²) in [6, 6.07) is 8.53. The summed E-state index contributed by atoms with van der Waals surface area (Å²) in [5.41, 5.74) is 2.44. The summed E-state index contributed by atoms with van der Waals surface area (Å²) in [6.07, 6.45) is 1.90. The molecular weight excluding hydrogens is 461 g/mol. The molecule has 0 aliphatic rings. The number of rotatable bonds is 8. The lowest BCUT2D eigenvalue weighted by Crippen LogP contribution is -2.43. The van der Waals surface area contributed by atoms with Crippen LogP contribution >= 0.6 is 24.0 Å². The van der Waals surface area contributed by atoms with E-state index in [1.165, 1.54) is 17.4 Å². The molecule has 0 bridgehead atoms. The van der Waals surface area contributed by atoms with Crippen LogP contribution in [0.4, 0.5) is 0 Å². The fraction of sp³-hybridized carbons (Fsp3) is 0.632. The first kappa shape index (κ1) is 25.2. The Morgan fingerprint density at radius 1 is 1.27 bits per heavy atom. The van der Waals surface area contributed by atoms with Gasteiger partial charge in [-0.3, -0.25) is 4.99 Å². The molecule has 1 aromatic rings. The number of aliphatic imine (C=N–C) groups is 1. The van der Waals surface area contributed by atoms with Crippen molar-refractivity contribution in [2.75, 3.05) is 32.1 Å². The summed E-state index contributed by atoms with van der Waals surface area (Å²) in [5.74, 6) is 1.32. The summed E-state index contributed by atoms with van der Waals surface area (Å²) in [6.45, 7) is 9.86. The van der Waals surface area contributed by atoms with E-state index in [4.69, 9.17) is 0 Å². The van der Waals surface area contributed by atoms with Crippen molar-refractivity contribution in [3.05, 3.63) is 35.4 Å². The van der Waals surface area contributed by atoms with Gasteiger partial charge in [0.1, 0.15) is 9.84 Å². The molecule has 0 aliphatic carbocycles. The second-order valence-electron chi connectivity index (χ2n) is 7.67. The van der Waals surface area contributed by atoms with Crippen molar-refractivity contribution in [1.29, 1.82) is 0 Å². The van der Waals surface area contributed by atoms with E-state index in [9.17, 15) is 8.42 Å². The number of nitrogens with zero attached hydrogens (tertiary/aromatic N) is 1. The zero-order chi connectivity index (χ0) is 19.1. The van der Waals surface area contributed by atoms with Crippen LogP contribution in [0.15, 0.2) is 29.3 Å². The summed E-state index contributed by atoms with van der Waals surface area (Å²) in [5, 5.41) is 6.66. The first-order chi connectivity index (χ1) is 11.5. The number of benzene rings is 1. The fourth-order valence-electron chi connectivity index (χ4n) is 2.44. The number of hydrogen-bond acceptors (Lipinski definition) is 3. The molecule has 150 valence electrons. The third-order valence-electron chi connectivity index (χ3n) is 4.29. The van der Waals surface area contributed by atoms with Gasteiger partial charge >= 0.3 is 0 Å². The Morgan fingerprint density at radius 3 is 2.46 bits per heavy atom. The monoisotopic (exact) mass is 495 g/mol. The van der Waals surface area contributed by atoms with E-state index in [1.807, 2.05) is 0 Å². The Bertz CT molecular complexity index is 688. The molecular formula is C19H34IN3O2S. The zero-order valence-corrected chi connectivity index (χ0v) is 19.9. The number of halogens is 1. The van der Waals surface area contributed by atoms with Crippen LogP contribution in [0.1, 0.15) is 44.2 Å². The second-order valence-corrected chi connectivity index (χ2v) is 9.93. The van der Waals surface area contributed by atoms with Crippen molar-refractivity contribution >= 4 is 39.8 Å². The number of aryl methyl sites for hydroxylation is 1. The predicted octanol–water partition coefficient (Wildman–Crippen LogP) is 3.34. The lowest BCUT2D eigenvalue weighted by molar-refractivity contribution is 0.348. The summed E-state index contributed by atoms with van der Waals surface area (Å²) >= 11 is 0. The smallest absolute Gasteiger partial charge is 0.191 e. The maximum atomic E-state index is 11.4. The molecule has 1 unspecified atom stereocenters. The first-order valence-corrected chi connectivity index (χ1v) is 10.8. The summed E-state index contributed by atoms with van der Waals surface area (Å²) in [4.78, 5) is 4.26. The van der Waals surface area contributed by atoms with Crippen LogP contribution in [-0.4, -0.2) is 46.5 Å².